The average Bonchev–Trinajstić information content (AvgIpc) is 2.37. The molecule has 1 rings (SSSR count). The maximum Gasteiger partial charge on any atom is 0.322 e. The van der Waals surface area contributed by atoms with Crippen molar-refractivity contribution in [3.05, 3.63) is 0 Å². The number of hydrogen-bond donors (Lipinski definition) is 1. The SMILES string of the molecule is COC(=O)C(N)CCOC1CC(C)CCC1C(C)C. The van der Waals surface area contributed by atoms with Gasteiger partial charge in [0, 0.05) is 6.61 Å². The van der Waals surface area contributed by atoms with E-state index in [-0.39, 0.29) is 5.97 Å². The lowest BCUT2D eigenvalue weighted by Crippen LogP contribution is -2.37. The van der Waals surface area contributed by atoms with Gasteiger partial charge in [-0.3, -0.25) is 4.79 Å². The van der Waals surface area contributed by atoms with Crippen molar-refractivity contribution in [3.8, 4) is 0 Å². The zero-order chi connectivity index (χ0) is 14.4. The van der Waals surface area contributed by atoms with Gasteiger partial charge >= 0.3 is 5.97 Å². The Hall–Kier alpha value is -0.610. The van der Waals surface area contributed by atoms with Crippen LogP contribution in [0, 0.1) is 17.8 Å². The summed E-state index contributed by atoms with van der Waals surface area (Å²) in [7, 11) is 1.36. The van der Waals surface area contributed by atoms with Gasteiger partial charge in [-0.1, -0.05) is 27.2 Å². The van der Waals surface area contributed by atoms with Gasteiger partial charge in [0.1, 0.15) is 6.04 Å². The highest BCUT2D eigenvalue weighted by atomic mass is 16.5. The van der Waals surface area contributed by atoms with Crippen LogP contribution in [0.25, 0.3) is 0 Å². The molecule has 0 spiro atoms. The highest BCUT2D eigenvalue weighted by Gasteiger charge is 2.31. The first-order valence-electron chi connectivity index (χ1n) is 7.40. The molecular formula is C15H29NO3. The number of carbonyl (C=O) groups excluding carboxylic acids is 1. The first-order chi connectivity index (χ1) is 8.95. The van der Waals surface area contributed by atoms with Gasteiger partial charge in [0.05, 0.1) is 13.2 Å². The molecule has 1 aliphatic carbocycles. The summed E-state index contributed by atoms with van der Waals surface area (Å²) in [5.74, 6) is 1.65. The van der Waals surface area contributed by atoms with Crippen molar-refractivity contribution >= 4 is 5.97 Å². The molecule has 0 aromatic rings. The summed E-state index contributed by atoms with van der Waals surface area (Å²) < 4.78 is 10.6. The number of esters is 1. The number of hydrogen-bond acceptors (Lipinski definition) is 4. The Balaban J connectivity index is 2.38. The molecule has 1 fully saturated rings. The van der Waals surface area contributed by atoms with Gasteiger partial charge in [-0.2, -0.15) is 0 Å². The van der Waals surface area contributed by atoms with Gasteiger partial charge in [0.15, 0.2) is 0 Å². The van der Waals surface area contributed by atoms with Crippen LogP contribution in [0.4, 0.5) is 0 Å². The lowest BCUT2D eigenvalue weighted by Gasteiger charge is -2.37. The third-order valence-corrected chi connectivity index (χ3v) is 4.23. The largest absolute Gasteiger partial charge is 0.468 e. The third kappa shape index (κ3) is 5.11. The van der Waals surface area contributed by atoms with E-state index in [1.807, 2.05) is 0 Å². The molecule has 0 aliphatic heterocycles. The molecule has 0 aromatic heterocycles. The maximum absolute atomic E-state index is 11.2. The summed E-state index contributed by atoms with van der Waals surface area (Å²) in [6, 6.07) is -0.566. The van der Waals surface area contributed by atoms with E-state index in [0.717, 1.165) is 12.3 Å². The van der Waals surface area contributed by atoms with Crippen molar-refractivity contribution in [1.82, 2.24) is 0 Å². The van der Waals surface area contributed by atoms with E-state index in [1.165, 1.54) is 20.0 Å². The second kappa shape index (κ2) is 7.85. The van der Waals surface area contributed by atoms with Gasteiger partial charge in [-0.15, -0.1) is 0 Å². The molecule has 1 aliphatic rings. The third-order valence-electron chi connectivity index (χ3n) is 4.23. The van der Waals surface area contributed by atoms with Crippen LogP contribution in [-0.4, -0.2) is 31.8 Å². The van der Waals surface area contributed by atoms with Crippen molar-refractivity contribution in [2.75, 3.05) is 13.7 Å². The molecule has 2 N–H and O–H groups in total. The fourth-order valence-electron chi connectivity index (χ4n) is 2.92. The quantitative estimate of drug-likeness (QED) is 0.753. The van der Waals surface area contributed by atoms with E-state index >= 15 is 0 Å². The molecule has 0 saturated heterocycles. The molecule has 0 aromatic carbocycles. The zero-order valence-corrected chi connectivity index (χ0v) is 12.7. The predicted molar refractivity (Wildman–Crippen MR) is 75.7 cm³/mol. The second-order valence-electron chi connectivity index (χ2n) is 6.15. The molecule has 19 heavy (non-hydrogen) atoms. The van der Waals surface area contributed by atoms with Gasteiger partial charge in [0.2, 0.25) is 0 Å². The Morgan fingerprint density at radius 3 is 2.63 bits per heavy atom. The highest BCUT2D eigenvalue weighted by molar-refractivity contribution is 5.75. The maximum atomic E-state index is 11.2. The Morgan fingerprint density at radius 1 is 1.37 bits per heavy atom. The Labute approximate surface area is 117 Å². The first-order valence-corrected chi connectivity index (χ1v) is 7.40. The summed E-state index contributed by atoms with van der Waals surface area (Å²) in [5, 5.41) is 0. The van der Waals surface area contributed by atoms with Gasteiger partial charge < -0.3 is 15.2 Å². The van der Waals surface area contributed by atoms with E-state index in [2.05, 4.69) is 25.5 Å². The van der Waals surface area contributed by atoms with Crippen LogP contribution in [0.1, 0.15) is 46.5 Å². The van der Waals surface area contributed by atoms with Crippen molar-refractivity contribution in [3.63, 3.8) is 0 Å². The van der Waals surface area contributed by atoms with E-state index < -0.39 is 6.04 Å². The summed E-state index contributed by atoms with van der Waals surface area (Å²) in [6.07, 6.45) is 4.50. The minimum absolute atomic E-state index is 0.314. The van der Waals surface area contributed by atoms with E-state index in [4.69, 9.17) is 10.5 Å². The van der Waals surface area contributed by atoms with E-state index in [0.29, 0.717) is 31.0 Å². The molecule has 4 heteroatoms. The monoisotopic (exact) mass is 271 g/mol. The van der Waals surface area contributed by atoms with E-state index in [1.54, 1.807) is 0 Å². The van der Waals surface area contributed by atoms with E-state index in [9.17, 15) is 4.79 Å². The molecule has 112 valence electrons. The van der Waals surface area contributed by atoms with Crippen molar-refractivity contribution in [1.29, 1.82) is 0 Å². The lowest BCUT2D eigenvalue weighted by molar-refractivity contribution is -0.143. The van der Waals surface area contributed by atoms with Crippen LogP contribution in [0.3, 0.4) is 0 Å². The lowest BCUT2D eigenvalue weighted by atomic mass is 9.75. The van der Waals surface area contributed by atoms with Gasteiger partial charge in [-0.05, 0) is 37.0 Å². The standard InChI is InChI=1S/C15H29NO3/c1-10(2)12-6-5-11(3)9-14(12)19-8-7-13(16)15(17)18-4/h10-14H,5-9,16H2,1-4H3. The molecule has 4 nitrogen and oxygen atoms in total. The normalized spacial score (nSPS) is 29.3. The van der Waals surface area contributed by atoms with Crippen molar-refractivity contribution < 1.29 is 14.3 Å². The summed E-state index contributed by atoms with van der Waals surface area (Å²) in [6.45, 7) is 7.35. The van der Waals surface area contributed by atoms with Crippen molar-refractivity contribution in [2.45, 2.75) is 58.6 Å². The van der Waals surface area contributed by atoms with Crippen LogP contribution in [0.15, 0.2) is 0 Å². The molecule has 4 unspecified atom stereocenters. The smallest absolute Gasteiger partial charge is 0.322 e. The number of rotatable bonds is 6. The summed E-state index contributed by atoms with van der Waals surface area (Å²) in [4.78, 5) is 11.2. The second-order valence-corrected chi connectivity index (χ2v) is 6.15. The summed E-state index contributed by atoms with van der Waals surface area (Å²) >= 11 is 0. The Bertz CT molecular complexity index is 281. The molecule has 0 heterocycles. The van der Waals surface area contributed by atoms with Crippen LogP contribution >= 0.6 is 0 Å². The number of ether oxygens (including phenoxy) is 2. The Kier molecular flexibility index (Phi) is 6.80. The highest BCUT2D eigenvalue weighted by Crippen LogP contribution is 2.35. The molecule has 1 saturated carbocycles. The number of carbonyl (C=O) groups is 1. The molecule has 4 atom stereocenters. The van der Waals surface area contributed by atoms with Gasteiger partial charge in [0.25, 0.3) is 0 Å². The Morgan fingerprint density at radius 2 is 2.05 bits per heavy atom. The van der Waals surface area contributed by atoms with Crippen molar-refractivity contribution in [2.24, 2.45) is 23.5 Å². The predicted octanol–water partition coefficient (Wildman–Crippen LogP) is 2.35. The minimum Gasteiger partial charge on any atom is -0.468 e. The van der Waals surface area contributed by atoms with Gasteiger partial charge in [-0.25, -0.2) is 0 Å². The minimum atomic E-state index is -0.566. The van der Waals surface area contributed by atoms with Crippen LogP contribution in [0.5, 0.6) is 0 Å². The van der Waals surface area contributed by atoms with Crippen LogP contribution in [0.2, 0.25) is 0 Å². The van der Waals surface area contributed by atoms with Crippen LogP contribution in [-0.2, 0) is 14.3 Å². The molecular weight excluding hydrogens is 242 g/mol. The molecule has 0 radical (unpaired) electrons. The van der Waals surface area contributed by atoms with Crippen LogP contribution < -0.4 is 5.73 Å². The number of methoxy groups -OCH3 is 1. The number of nitrogens with two attached hydrogens (primary N) is 1. The molecule has 0 bridgehead atoms. The zero-order valence-electron chi connectivity index (χ0n) is 12.7. The topological polar surface area (TPSA) is 61.5 Å². The summed E-state index contributed by atoms with van der Waals surface area (Å²) in [5.41, 5.74) is 5.71. The fraction of sp³-hybridized carbons (Fsp3) is 0.933. The first kappa shape index (κ1) is 16.4. The fourth-order valence-corrected chi connectivity index (χ4v) is 2.92. The average molecular weight is 271 g/mol. The molecule has 0 amide bonds.